The van der Waals surface area contributed by atoms with E-state index in [9.17, 15) is 18.0 Å². The molecule has 1 amide bonds. The number of morpholine rings is 1. The second kappa shape index (κ2) is 8.36. The van der Waals surface area contributed by atoms with Crippen molar-refractivity contribution in [2.24, 2.45) is 5.73 Å². The molecule has 2 N–H and O–H groups in total. The van der Waals surface area contributed by atoms with Crippen LogP contribution in [-0.4, -0.2) is 43.2 Å². The molecular weight excluding hydrogens is 321 g/mol. The van der Waals surface area contributed by atoms with Gasteiger partial charge in [-0.3, -0.25) is 4.79 Å². The van der Waals surface area contributed by atoms with Gasteiger partial charge in [-0.1, -0.05) is 0 Å². The van der Waals surface area contributed by atoms with Crippen molar-refractivity contribution in [3.8, 4) is 0 Å². The molecule has 0 aliphatic carbocycles. The SMILES string of the molecule is Cl.N[C@@H](CC(=O)N1CCOCC1)Cc1cc(F)c(F)cc1F. The van der Waals surface area contributed by atoms with E-state index in [1.54, 1.807) is 4.90 Å². The highest BCUT2D eigenvalue weighted by molar-refractivity contribution is 5.85. The topological polar surface area (TPSA) is 55.6 Å². The second-order valence-electron chi connectivity index (χ2n) is 5.02. The first kappa shape index (κ1) is 18.7. The molecule has 0 bridgehead atoms. The molecule has 0 spiro atoms. The molecular formula is C14H18ClF3N2O2. The molecule has 1 aliphatic heterocycles. The number of amides is 1. The second-order valence-corrected chi connectivity index (χ2v) is 5.02. The number of nitrogens with zero attached hydrogens (tertiary/aromatic N) is 1. The molecule has 8 heteroatoms. The fourth-order valence-electron chi connectivity index (χ4n) is 2.24. The fourth-order valence-corrected chi connectivity index (χ4v) is 2.24. The van der Waals surface area contributed by atoms with Gasteiger partial charge in [0.2, 0.25) is 5.91 Å². The van der Waals surface area contributed by atoms with Gasteiger partial charge in [-0.15, -0.1) is 12.4 Å². The zero-order valence-electron chi connectivity index (χ0n) is 11.9. The van der Waals surface area contributed by atoms with Crippen LogP contribution in [0.25, 0.3) is 0 Å². The number of halogens is 4. The van der Waals surface area contributed by atoms with Crippen molar-refractivity contribution in [2.45, 2.75) is 18.9 Å². The lowest BCUT2D eigenvalue weighted by molar-refractivity contribution is -0.135. The molecule has 1 atom stereocenters. The average molecular weight is 339 g/mol. The highest BCUT2D eigenvalue weighted by Crippen LogP contribution is 2.16. The first-order chi connectivity index (χ1) is 9.97. The van der Waals surface area contributed by atoms with E-state index in [0.29, 0.717) is 32.4 Å². The van der Waals surface area contributed by atoms with E-state index in [1.807, 2.05) is 0 Å². The Morgan fingerprint density at radius 1 is 1.18 bits per heavy atom. The van der Waals surface area contributed by atoms with Crippen LogP contribution in [0.1, 0.15) is 12.0 Å². The first-order valence-electron chi connectivity index (χ1n) is 6.72. The number of carbonyl (C=O) groups is 1. The summed E-state index contributed by atoms with van der Waals surface area (Å²) in [6.07, 6.45) is -0.00243. The van der Waals surface area contributed by atoms with Gasteiger partial charge in [-0.05, 0) is 18.1 Å². The number of hydrogen-bond donors (Lipinski definition) is 1. The van der Waals surface area contributed by atoms with Crippen molar-refractivity contribution < 1.29 is 22.7 Å². The van der Waals surface area contributed by atoms with Gasteiger partial charge in [-0.25, -0.2) is 13.2 Å². The van der Waals surface area contributed by atoms with E-state index in [0.717, 1.165) is 6.07 Å². The van der Waals surface area contributed by atoms with Crippen LogP contribution < -0.4 is 5.73 Å². The predicted molar refractivity (Wildman–Crippen MR) is 77.3 cm³/mol. The minimum atomic E-state index is -1.24. The minimum Gasteiger partial charge on any atom is -0.378 e. The summed E-state index contributed by atoms with van der Waals surface area (Å²) >= 11 is 0. The number of carbonyl (C=O) groups excluding carboxylic acids is 1. The Morgan fingerprint density at radius 2 is 1.77 bits per heavy atom. The third kappa shape index (κ3) is 4.86. The quantitative estimate of drug-likeness (QED) is 0.849. The van der Waals surface area contributed by atoms with Crippen molar-refractivity contribution in [1.82, 2.24) is 4.90 Å². The lowest BCUT2D eigenvalue weighted by atomic mass is 10.0. The van der Waals surface area contributed by atoms with E-state index in [1.165, 1.54) is 0 Å². The maximum Gasteiger partial charge on any atom is 0.224 e. The normalized spacial score (nSPS) is 16.1. The van der Waals surface area contributed by atoms with Gasteiger partial charge in [-0.2, -0.15) is 0 Å². The Labute approximate surface area is 132 Å². The number of hydrogen-bond acceptors (Lipinski definition) is 3. The van der Waals surface area contributed by atoms with Gasteiger partial charge in [0.05, 0.1) is 13.2 Å². The summed E-state index contributed by atoms with van der Waals surface area (Å²) in [5.74, 6) is -3.37. The fraction of sp³-hybridized carbons (Fsp3) is 0.500. The van der Waals surface area contributed by atoms with Crippen LogP contribution in [0.2, 0.25) is 0 Å². The van der Waals surface area contributed by atoms with Crippen molar-refractivity contribution in [2.75, 3.05) is 26.3 Å². The maximum absolute atomic E-state index is 13.5. The minimum absolute atomic E-state index is 0. The average Bonchev–Trinajstić information content (AvgIpc) is 2.45. The van der Waals surface area contributed by atoms with Gasteiger partial charge < -0.3 is 15.4 Å². The highest BCUT2D eigenvalue weighted by Gasteiger charge is 2.20. The van der Waals surface area contributed by atoms with Crippen LogP contribution in [-0.2, 0) is 16.0 Å². The summed E-state index contributed by atoms with van der Waals surface area (Å²) in [5.41, 5.74) is 5.78. The molecule has 1 saturated heterocycles. The molecule has 1 aromatic rings. The van der Waals surface area contributed by atoms with Crippen LogP contribution in [0, 0.1) is 17.5 Å². The summed E-state index contributed by atoms with van der Waals surface area (Å²) in [4.78, 5) is 13.6. The zero-order chi connectivity index (χ0) is 15.4. The summed E-state index contributed by atoms with van der Waals surface area (Å²) in [6.45, 7) is 1.98. The largest absolute Gasteiger partial charge is 0.378 e. The van der Waals surface area contributed by atoms with E-state index in [4.69, 9.17) is 10.5 Å². The monoisotopic (exact) mass is 338 g/mol. The highest BCUT2D eigenvalue weighted by atomic mass is 35.5. The summed E-state index contributed by atoms with van der Waals surface area (Å²) < 4.78 is 44.6. The van der Waals surface area contributed by atoms with Gasteiger partial charge in [0.15, 0.2) is 11.6 Å². The smallest absolute Gasteiger partial charge is 0.224 e. The summed E-state index contributed by atoms with van der Waals surface area (Å²) in [6, 6.07) is 0.616. The van der Waals surface area contributed by atoms with Crippen LogP contribution in [0.3, 0.4) is 0 Å². The number of nitrogens with two attached hydrogens (primary N) is 1. The van der Waals surface area contributed by atoms with E-state index >= 15 is 0 Å². The molecule has 2 rings (SSSR count). The Hall–Kier alpha value is -1.31. The lowest BCUT2D eigenvalue weighted by Crippen LogP contribution is -2.43. The van der Waals surface area contributed by atoms with E-state index in [-0.39, 0.29) is 36.7 Å². The molecule has 0 aromatic heterocycles. The van der Waals surface area contributed by atoms with E-state index < -0.39 is 23.5 Å². The summed E-state index contributed by atoms with van der Waals surface area (Å²) in [5, 5.41) is 0. The maximum atomic E-state index is 13.5. The molecule has 1 aromatic carbocycles. The molecule has 22 heavy (non-hydrogen) atoms. The molecule has 4 nitrogen and oxygen atoms in total. The third-order valence-electron chi connectivity index (χ3n) is 3.37. The molecule has 124 valence electrons. The zero-order valence-corrected chi connectivity index (χ0v) is 12.7. The van der Waals surface area contributed by atoms with Crippen LogP contribution in [0.5, 0.6) is 0 Å². The molecule has 0 saturated carbocycles. The first-order valence-corrected chi connectivity index (χ1v) is 6.72. The van der Waals surface area contributed by atoms with Gasteiger partial charge in [0, 0.05) is 31.6 Å². The Kier molecular flexibility index (Phi) is 7.12. The Balaban J connectivity index is 0.00000242. The number of benzene rings is 1. The molecule has 1 heterocycles. The van der Waals surface area contributed by atoms with Crippen molar-refractivity contribution in [1.29, 1.82) is 0 Å². The molecule has 1 fully saturated rings. The van der Waals surface area contributed by atoms with Gasteiger partial charge in [0.1, 0.15) is 5.82 Å². The molecule has 0 radical (unpaired) electrons. The van der Waals surface area contributed by atoms with Crippen LogP contribution >= 0.6 is 12.4 Å². The Bertz CT molecular complexity index is 525. The van der Waals surface area contributed by atoms with Crippen LogP contribution in [0.15, 0.2) is 12.1 Å². The van der Waals surface area contributed by atoms with E-state index in [2.05, 4.69) is 0 Å². The lowest BCUT2D eigenvalue weighted by Gasteiger charge is -2.27. The summed E-state index contributed by atoms with van der Waals surface area (Å²) in [7, 11) is 0. The number of ether oxygens (including phenoxy) is 1. The number of rotatable bonds is 4. The predicted octanol–water partition coefficient (Wildman–Crippen LogP) is 1.64. The van der Waals surface area contributed by atoms with Crippen LogP contribution in [0.4, 0.5) is 13.2 Å². The van der Waals surface area contributed by atoms with Crippen molar-refractivity contribution in [3.63, 3.8) is 0 Å². The molecule has 1 aliphatic rings. The van der Waals surface area contributed by atoms with Crippen molar-refractivity contribution >= 4 is 18.3 Å². The molecule has 0 unspecified atom stereocenters. The van der Waals surface area contributed by atoms with Gasteiger partial charge in [0.25, 0.3) is 0 Å². The Morgan fingerprint density at radius 3 is 2.41 bits per heavy atom. The van der Waals surface area contributed by atoms with Crippen molar-refractivity contribution in [3.05, 3.63) is 35.1 Å². The standard InChI is InChI=1S/C14H17F3N2O2.ClH/c15-11-8-13(17)12(16)6-9(11)5-10(18)7-14(20)19-1-3-21-4-2-19;/h6,8,10H,1-5,7,18H2;1H/t10-;/m1./s1. The third-order valence-corrected chi connectivity index (χ3v) is 3.37. The van der Waals surface area contributed by atoms with Gasteiger partial charge >= 0.3 is 0 Å².